The molecule has 0 amide bonds. The molecule has 1 atom stereocenters. The summed E-state index contributed by atoms with van der Waals surface area (Å²) in [6, 6.07) is 33.8. The van der Waals surface area contributed by atoms with Crippen molar-refractivity contribution in [3.8, 4) is 0 Å². The molecular weight excluding hydrogens is 561 g/mol. The van der Waals surface area contributed by atoms with Gasteiger partial charge in [-0.05, 0) is 44.3 Å². The first-order valence-electron chi connectivity index (χ1n) is 10.5. The summed E-state index contributed by atoms with van der Waals surface area (Å²) in [6.07, 6.45) is 5.63. The molecule has 0 saturated heterocycles. The molecule has 0 saturated carbocycles. The van der Waals surface area contributed by atoms with E-state index in [9.17, 15) is 0 Å². The van der Waals surface area contributed by atoms with Gasteiger partial charge in [0.25, 0.3) is 0 Å². The van der Waals surface area contributed by atoms with Gasteiger partial charge in [0.15, 0.2) is 0 Å². The fourth-order valence-electron chi connectivity index (χ4n) is 3.50. The Balaban J connectivity index is 0. The molecule has 0 heterocycles. The van der Waals surface area contributed by atoms with E-state index in [0.717, 1.165) is 0 Å². The van der Waals surface area contributed by atoms with E-state index in [1.165, 1.54) is 24.6 Å². The van der Waals surface area contributed by atoms with Crippen molar-refractivity contribution in [2.75, 3.05) is 38.0 Å². The fraction of sp³-hybridized carbons (Fsp3) is 0.222. The summed E-state index contributed by atoms with van der Waals surface area (Å²) in [4.78, 5) is 0. The third-order valence-electron chi connectivity index (χ3n) is 5.03. The molecule has 0 aliphatic carbocycles. The molecule has 7 heteroatoms. The quantitative estimate of drug-likeness (QED) is 0.149. The summed E-state index contributed by atoms with van der Waals surface area (Å²) in [5.74, 6) is 0. The van der Waals surface area contributed by atoms with Crippen LogP contribution in [-0.4, -0.2) is 38.0 Å². The molecule has 1 unspecified atom stereocenters. The molecular formula is C27H32MoO3P3+3. The molecule has 0 bridgehead atoms. The minimum absolute atomic E-state index is 0. The first kappa shape index (κ1) is 35.0. The second kappa shape index (κ2) is 23.6. The smallest absolute Gasteiger partial charge is 0 e. The monoisotopic (exact) mass is 595 g/mol. The Labute approximate surface area is 222 Å². The van der Waals surface area contributed by atoms with Crippen LogP contribution < -0.4 is 15.9 Å². The van der Waals surface area contributed by atoms with Gasteiger partial charge in [0.05, 0.1) is 42.3 Å². The molecule has 0 aliphatic heterocycles. The second-order valence-electron chi connectivity index (χ2n) is 7.39. The maximum Gasteiger partial charge on any atom is 0 e. The molecule has 0 aliphatic rings. The van der Waals surface area contributed by atoms with Crippen molar-refractivity contribution in [1.82, 2.24) is 0 Å². The average molecular weight is 593 g/mol. The van der Waals surface area contributed by atoms with E-state index in [4.69, 9.17) is 14.0 Å². The zero-order chi connectivity index (χ0) is 24.9. The number of benzene rings is 3. The van der Waals surface area contributed by atoms with E-state index in [-0.39, 0.29) is 29.0 Å². The molecule has 176 valence electrons. The third kappa shape index (κ3) is 13.7. The van der Waals surface area contributed by atoms with Crippen LogP contribution in [0.5, 0.6) is 0 Å². The summed E-state index contributed by atoms with van der Waals surface area (Å²) in [5.41, 5.74) is 0. The first-order chi connectivity index (χ1) is 16.2. The van der Waals surface area contributed by atoms with Crippen LogP contribution in [0, 0.1) is 20.0 Å². The van der Waals surface area contributed by atoms with Crippen molar-refractivity contribution < 1.29 is 35.0 Å². The van der Waals surface area contributed by atoms with Crippen molar-refractivity contribution in [1.29, 1.82) is 0 Å². The molecule has 0 spiro atoms. The second-order valence-corrected chi connectivity index (χ2v) is 15.7. The normalized spacial score (nSPS) is 10.1. The average Bonchev–Trinajstić information content (AvgIpc) is 2.91. The Kier molecular flexibility index (Phi) is 24.3. The van der Waals surface area contributed by atoms with Gasteiger partial charge in [-0.2, -0.15) is 0 Å². The van der Waals surface area contributed by atoms with Crippen LogP contribution in [0.2, 0.25) is 0 Å². The van der Waals surface area contributed by atoms with E-state index in [1.807, 2.05) is 0 Å². The van der Waals surface area contributed by atoms with Crippen LogP contribution in [0.15, 0.2) is 91.0 Å². The maximum atomic E-state index is 7.50. The molecule has 3 rings (SSSR count). The molecule has 0 radical (unpaired) electrons. The Morgan fingerprint density at radius 3 is 1.18 bits per heavy atom. The molecule has 3 nitrogen and oxygen atoms in total. The number of rotatable bonds is 9. The van der Waals surface area contributed by atoms with Crippen molar-refractivity contribution >= 4 is 39.7 Å². The maximum absolute atomic E-state index is 7.50. The van der Waals surface area contributed by atoms with Crippen molar-refractivity contribution in [2.24, 2.45) is 0 Å². The Morgan fingerprint density at radius 1 is 0.500 bits per heavy atom. The summed E-state index contributed by atoms with van der Waals surface area (Å²) in [6.45, 7) is 18.4. The van der Waals surface area contributed by atoms with E-state index in [0.29, 0.717) is 0 Å². The third-order valence-corrected chi connectivity index (χ3v) is 12.9. The zero-order valence-electron chi connectivity index (χ0n) is 19.6. The minimum Gasteiger partial charge on any atom is 0 e. The predicted molar refractivity (Wildman–Crippen MR) is 146 cm³/mol. The fourth-order valence-corrected chi connectivity index (χ4v) is 12.5. The van der Waals surface area contributed by atoms with Crippen molar-refractivity contribution in [3.63, 3.8) is 0 Å². The number of hydrogen-bond donors (Lipinski definition) is 0. The summed E-state index contributed by atoms with van der Waals surface area (Å²) < 4.78 is 22.5. The van der Waals surface area contributed by atoms with E-state index < -0.39 is 15.8 Å². The molecule has 0 fully saturated rings. The predicted octanol–water partition coefficient (Wildman–Crippen LogP) is 4.75. The van der Waals surface area contributed by atoms with Gasteiger partial charge in [-0.15, -0.1) is 0 Å². The molecule has 0 N–H and O–H groups in total. The van der Waals surface area contributed by atoms with E-state index >= 15 is 0 Å². The zero-order valence-corrected chi connectivity index (χ0v) is 24.6. The van der Waals surface area contributed by atoms with Crippen LogP contribution in [0.3, 0.4) is 0 Å². The van der Waals surface area contributed by atoms with Crippen molar-refractivity contribution in [2.45, 2.75) is 0 Å². The Hall–Kier alpha value is -1.14. The summed E-state index contributed by atoms with van der Waals surface area (Å²) >= 11 is 0. The minimum atomic E-state index is -0.706. The van der Waals surface area contributed by atoms with E-state index in [2.05, 4.69) is 124 Å². The van der Waals surface area contributed by atoms with Crippen LogP contribution in [0.1, 0.15) is 0 Å². The van der Waals surface area contributed by atoms with Crippen LogP contribution in [0.25, 0.3) is 0 Å². The van der Waals surface area contributed by atoms with Gasteiger partial charge in [-0.3, -0.25) is 0 Å². The van der Waals surface area contributed by atoms with Gasteiger partial charge in [-0.1, -0.05) is 54.6 Å². The molecule has 3 aromatic carbocycles. The Morgan fingerprint density at radius 2 is 0.824 bits per heavy atom. The summed E-state index contributed by atoms with van der Waals surface area (Å²) in [5, 5.41) is 4.74. The van der Waals surface area contributed by atoms with Gasteiger partial charge in [0, 0.05) is 42.3 Å². The van der Waals surface area contributed by atoms with Crippen molar-refractivity contribution in [3.05, 3.63) is 111 Å². The topological polar surface area (TPSA) is 59.7 Å². The van der Waals surface area contributed by atoms with Gasteiger partial charge >= 0.3 is 33.9 Å². The van der Waals surface area contributed by atoms with Crippen LogP contribution in [-0.2, 0) is 35.0 Å². The van der Waals surface area contributed by atoms with Gasteiger partial charge in [0.2, 0.25) is 0 Å². The SMILES string of the molecule is C[PH+](C)CC[PH+](CC[PH+](c1ccccc1)c1ccccc1)c1ccccc1.[C-]#[O+].[C-]#[O+].[C-]#[O+].[Mo]. The van der Waals surface area contributed by atoms with E-state index in [1.54, 1.807) is 15.9 Å². The van der Waals surface area contributed by atoms with Gasteiger partial charge in [0.1, 0.15) is 6.16 Å². The van der Waals surface area contributed by atoms with Gasteiger partial charge < -0.3 is 0 Å². The van der Waals surface area contributed by atoms with Gasteiger partial charge in [-0.25, -0.2) is 0 Å². The largest absolute Gasteiger partial charge is 0 e. The molecule has 34 heavy (non-hydrogen) atoms. The summed E-state index contributed by atoms with van der Waals surface area (Å²) in [7, 11) is -1.33. The molecule has 0 aromatic heterocycles. The molecule has 3 aromatic rings. The first-order valence-corrected chi connectivity index (χ1v) is 16.8. The van der Waals surface area contributed by atoms with Crippen LogP contribution >= 0.6 is 23.8 Å². The standard InChI is InChI=1S/C24H29P3.3CO.Mo/c1-25(2)18-19-26(22-12-6-3-7-13-22)20-21-27(23-14-8-4-9-15-23)24-16-10-5-11-17-24;3*1-2;/h3-17H,18-21H2,1-2H3;;;;/p+3. The van der Waals surface area contributed by atoms with Crippen LogP contribution in [0.4, 0.5) is 0 Å². The Bertz CT molecular complexity index is 864. The number of hydrogen-bond acceptors (Lipinski definition) is 0.